The van der Waals surface area contributed by atoms with Gasteiger partial charge in [-0.1, -0.05) is 13.8 Å². The average Bonchev–Trinajstić information content (AvgIpc) is 3.65. The molecule has 0 aliphatic rings. The van der Waals surface area contributed by atoms with Crippen LogP contribution in [0.3, 0.4) is 0 Å². The number of rotatable bonds is 9. The molecule has 0 radical (unpaired) electrons. The predicted molar refractivity (Wildman–Crippen MR) is 192 cm³/mol. The largest absolute Gasteiger partial charge is 0.341 e. The molecule has 0 atom stereocenters. The fraction of sp³-hybridized carbons (Fsp3) is 0.350. The maximum Gasteiger partial charge on any atom is 0.267 e. The van der Waals surface area contributed by atoms with Crippen LogP contribution in [0.4, 0.5) is 13.2 Å². The number of alkyl halides is 2. The summed E-state index contributed by atoms with van der Waals surface area (Å²) in [5.74, 6) is -3.54. The van der Waals surface area contributed by atoms with Crippen LogP contribution in [-0.4, -0.2) is 35.0 Å². The van der Waals surface area contributed by atoms with Crippen molar-refractivity contribution in [3.05, 3.63) is 130 Å². The fourth-order valence-corrected chi connectivity index (χ4v) is 5.96. The summed E-state index contributed by atoms with van der Waals surface area (Å²) in [6.07, 6.45) is 12.2. The second-order valence-corrected chi connectivity index (χ2v) is 13.3. The molecule has 0 unspecified atom stereocenters. The quantitative estimate of drug-likeness (QED) is 0.154. The van der Waals surface area contributed by atoms with Gasteiger partial charge in [-0.3, -0.25) is 19.9 Å². The summed E-state index contributed by atoms with van der Waals surface area (Å²) in [5.41, 5.74) is 11.2. The first kappa shape index (κ1) is 35.5. The summed E-state index contributed by atoms with van der Waals surface area (Å²) in [6, 6.07) is 11.7. The van der Waals surface area contributed by atoms with Gasteiger partial charge in [-0.2, -0.15) is 0 Å². The van der Waals surface area contributed by atoms with Crippen molar-refractivity contribution in [3.8, 4) is 0 Å². The summed E-state index contributed by atoms with van der Waals surface area (Å²) in [5, 5.41) is 1.99. The number of pyridine rings is 4. The first-order valence-corrected chi connectivity index (χ1v) is 16.6. The third-order valence-corrected chi connectivity index (χ3v) is 9.34. The lowest BCUT2D eigenvalue weighted by molar-refractivity contribution is -0.0587. The Hall–Kier alpha value is -4.79. The average molecular weight is 667 g/mol. The molecule has 6 aromatic rings. The van der Waals surface area contributed by atoms with E-state index in [1.807, 2.05) is 61.1 Å². The molecule has 0 saturated carbocycles. The van der Waals surface area contributed by atoms with Gasteiger partial charge in [-0.25, -0.2) is 13.2 Å². The lowest BCUT2D eigenvalue weighted by atomic mass is 10.0. The van der Waals surface area contributed by atoms with Crippen LogP contribution in [0.25, 0.3) is 21.8 Å². The van der Waals surface area contributed by atoms with Gasteiger partial charge in [-0.15, -0.1) is 0 Å². The lowest BCUT2D eigenvalue weighted by Gasteiger charge is -2.21. The van der Waals surface area contributed by atoms with Crippen molar-refractivity contribution in [2.45, 2.75) is 87.2 Å². The minimum atomic E-state index is -2.74. The molecular formula is C40H45F3N6. The molecule has 0 aliphatic carbocycles. The zero-order valence-corrected chi connectivity index (χ0v) is 29.7. The van der Waals surface area contributed by atoms with E-state index in [0.29, 0.717) is 12.0 Å². The molecule has 0 fully saturated rings. The van der Waals surface area contributed by atoms with Crippen LogP contribution in [0.5, 0.6) is 0 Å². The fourth-order valence-electron chi connectivity index (χ4n) is 5.96. The Morgan fingerprint density at radius 1 is 0.673 bits per heavy atom. The van der Waals surface area contributed by atoms with Crippen molar-refractivity contribution < 1.29 is 13.2 Å². The normalized spacial score (nSPS) is 11.7. The van der Waals surface area contributed by atoms with Crippen molar-refractivity contribution in [1.29, 1.82) is 0 Å². The van der Waals surface area contributed by atoms with Crippen molar-refractivity contribution in [2.75, 3.05) is 0 Å². The van der Waals surface area contributed by atoms with E-state index >= 15 is 0 Å². The highest BCUT2D eigenvalue weighted by Gasteiger charge is 2.34. The molecule has 9 heteroatoms. The molecule has 0 bridgehead atoms. The molecule has 0 N–H and O–H groups in total. The van der Waals surface area contributed by atoms with Crippen LogP contribution in [0.15, 0.2) is 85.0 Å². The van der Waals surface area contributed by atoms with Crippen LogP contribution in [-0.2, 0) is 25.9 Å². The topological polar surface area (TPSA) is 61.4 Å². The van der Waals surface area contributed by atoms with E-state index in [0.717, 1.165) is 62.1 Å². The first-order valence-electron chi connectivity index (χ1n) is 16.6. The van der Waals surface area contributed by atoms with E-state index < -0.39 is 11.8 Å². The number of fused-ring (bicyclic) bond motifs is 2. The van der Waals surface area contributed by atoms with Crippen molar-refractivity contribution in [1.82, 2.24) is 29.1 Å². The maximum atomic E-state index is 14.1. The molecule has 0 aliphatic heterocycles. The van der Waals surface area contributed by atoms with E-state index in [1.54, 1.807) is 63.1 Å². The third-order valence-electron chi connectivity index (χ3n) is 9.34. The monoisotopic (exact) mass is 666 g/mol. The van der Waals surface area contributed by atoms with Crippen LogP contribution in [0.2, 0.25) is 0 Å². The van der Waals surface area contributed by atoms with Gasteiger partial charge < -0.3 is 9.13 Å². The van der Waals surface area contributed by atoms with Crippen LogP contribution in [0, 0.1) is 33.6 Å². The van der Waals surface area contributed by atoms with Gasteiger partial charge in [0.05, 0.1) is 35.5 Å². The van der Waals surface area contributed by atoms with Gasteiger partial charge in [0.15, 0.2) is 0 Å². The Labute approximate surface area is 286 Å². The summed E-state index contributed by atoms with van der Waals surface area (Å²) in [7, 11) is 0. The number of hydrogen-bond donors (Lipinski definition) is 0. The number of halogens is 3. The van der Waals surface area contributed by atoms with E-state index in [-0.39, 0.29) is 18.9 Å². The smallest absolute Gasteiger partial charge is 0.267 e. The Bertz CT molecular complexity index is 2080. The molecule has 6 aromatic heterocycles. The third kappa shape index (κ3) is 7.93. The lowest BCUT2D eigenvalue weighted by Crippen LogP contribution is -2.29. The van der Waals surface area contributed by atoms with Crippen LogP contribution < -0.4 is 0 Å². The Kier molecular flexibility index (Phi) is 10.7. The van der Waals surface area contributed by atoms with Crippen LogP contribution >= 0.6 is 0 Å². The minimum Gasteiger partial charge on any atom is -0.341 e. The zero-order valence-electron chi connectivity index (χ0n) is 29.7. The van der Waals surface area contributed by atoms with Crippen molar-refractivity contribution >= 4 is 21.8 Å². The van der Waals surface area contributed by atoms with Gasteiger partial charge in [-0.05, 0) is 106 Å². The van der Waals surface area contributed by atoms with E-state index in [4.69, 9.17) is 0 Å². The van der Waals surface area contributed by atoms with E-state index in [1.165, 1.54) is 11.1 Å². The number of hydrogen-bond acceptors (Lipinski definition) is 4. The van der Waals surface area contributed by atoms with Gasteiger partial charge in [0.1, 0.15) is 5.83 Å². The standard InChI is InChI=1S/C20H23F2N3.C20H22FN3/c1-13(2)20(21,22)12-25-10-7-16-18(24-9-6-19(16)25)11-17-14(3)5-8-23-15(17)4;1-13(2)18(21)12-24-10-7-16-19(23-9-6-20(16)24)11-17-14(3)5-8-22-15(17)4/h5-10,13H,11-12H2,1-4H3;5-10H,11-12H2,1-4H3. The number of aromatic nitrogens is 6. The zero-order chi connectivity index (χ0) is 35.5. The van der Waals surface area contributed by atoms with E-state index in [9.17, 15) is 13.2 Å². The SMILES string of the molecule is CC(C)=C(F)Cn1ccc2c(Cc3c(C)ccnc3C)nccc21.Cc1ccnc(C)c1Cc1nccc2c1ccn2CC(F)(F)C(C)C. The molecule has 0 spiro atoms. The Morgan fingerprint density at radius 2 is 1.12 bits per heavy atom. The Balaban J connectivity index is 0.000000191. The number of allylic oxidation sites excluding steroid dienone is 2. The Morgan fingerprint density at radius 3 is 1.57 bits per heavy atom. The molecular weight excluding hydrogens is 621 g/mol. The van der Waals surface area contributed by atoms with Gasteiger partial charge in [0.25, 0.3) is 5.92 Å². The van der Waals surface area contributed by atoms with Crippen LogP contribution in [0.1, 0.15) is 72.7 Å². The number of nitrogens with zero attached hydrogens (tertiary/aromatic N) is 6. The first-order chi connectivity index (χ1) is 23.3. The van der Waals surface area contributed by atoms with E-state index in [2.05, 4.69) is 33.8 Å². The molecule has 6 rings (SSSR count). The van der Waals surface area contributed by atoms with Crippen molar-refractivity contribution in [3.63, 3.8) is 0 Å². The molecule has 49 heavy (non-hydrogen) atoms. The van der Waals surface area contributed by atoms with Gasteiger partial charge in [0, 0.05) is 78.1 Å². The van der Waals surface area contributed by atoms with Crippen molar-refractivity contribution in [2.24, 2.45) is 5.92 Å². The molecule has 0 saturated heterocycles. The highest BCUT2D eigenvalue weighted by molar-refractivity contribution is 5.83. The van der Waals surface area contributed by atoms with Gasteiger partial charge in [0.2, 0.25) is 0 Å². The highest BCUT2D eigenvalue weighted by Crippen LogP contribution is 2.30. The van der Waals surface area contributed by atoms with Gasteiger partial charge >= 0.3 is 0 Å². The second-order valence-electron chi connectivity index (χ2n) is 13.3. The molecule has 6 heterocycles. The summed E-state index contributed by atoms with van der Waals surface area (Å²) < 4.78 is 45.9. The predicted octanol–water partition coefficient (Wildman–Crippen LogP) is 9.83. The highest BCUT2D eigenvalue weighted by atomic mass is 19.3. The second kappa shape index (κ2) is 14.8. The number of aryl methyl sites for hydroxylation is 4. The summed E-state index contributed by atoms with van der Waals surface area (Å²) in [6.45, 7) is 14.8. The molecule has 256 valence electrons. The minimum absolute atomic E-state index is 0.0928. The summed E-state index contributed by atoms with van der Waals surface area (Å²) in [4.78, 5) is 17.8. The maximum absolute atomic E-state index is 14.1. The molecule has 0 aromatic carbocycles. The molecule has 6 nitrogen and oxygen atoms in total. The summed E-state index contributed by atoms with van der Waals surface area (Å²) >= 11 is 0. The molecule has 0 amide bonds.